The largest absolute Gasteiger partial charge is 0.467 e. The third-order valence-electron chi connectivity index (χ3n) is 5.92. The molecule has 0 aliphatic heterocycles. The summed E-state index contributed by atoms with van der Waals surface area (Å²) in [5, 5.41) is 7.75. The van der Waals surface area contributed by atoms with Gasteiger partial charge in [-0.1, -0.05) is 6.07 Å². The summed E-state index contributed by atoms with van der Waals surface area (Å²) in [5.74, 6) is -0.545. The molecule has 1 N–H and O–H groups in total. The summed E-state index contributed by atoms with van der Waals surface area (Å²) in [6, 6.07) is 6.33. The van der Waals surface area contributed by atoms with Gasteiger partial charge >= 0.3 is 0 Å². The Morgan fingerprint density at radius 1 is 1.35 bits per heavy atom. The molecule has 31 heavy (non-hydrogen) atoms. The standard InChI is InChI=1S/C23H26F2N4O2/c1-14-6-8-19(24)18(21(14)25)12-26-15-7-9-20-17(11-15)22(27-29(20)3)23(30)28(2)13-16-5-4-10-31-16/h4-6,8,10,15,26H,7,9,11-13H2,1-3H3/t15-/m1/s1. The minimum absolute atomic E-state index is 0.00191. The number of carbonyl (C=O) groups excluding carboxylic acids is 1. The van der Waals surface area contributed by atoms with Gasteiger partial charge in [-0.25, -0.2) is 8.78 Å². The van der Waals surface area contributed by atoms with Crippen LogP contribution in [0.5, 0.6) is 0 Å². The van der Waals surface area contributed by atoms with Crippen molar-refractivity contribution in [1.29, 1.82) is 0 Å². The highest BCUT2D eigenvalue weighted by Crippen LogP contribution is 2.26. The molecule has 0 spiro atoms. The number of aromatic nitrogens is 2. The normalized spacial score (nSPS) is 15.7. The molecule has 0 saturated carbocycles. The topological polar surface area (TPSA) is 63.3 Å². The summed E-state index contributed by atoms with van der Waals surface area (Å²) in [5.41, 5.74) is 2.81. The van der Waals surface area contributed by atoms with Crippen LogP contribution < -0.4 is 5.32 Å². The first-order valence-electron chi connectivity index (χ1n) is 10.3. The Hall–Kier alpha value is -3.00. The summed E-state index contributed by atoms with van der Waals surface area (Å²) in [6.07, 6.45) is 3.70. The van der Waals surface area contributed by atoms with Crippen LogP contribution in [0.2, 0.25) is 0 Å². The van der Waals surface area contributed by atoms with Crippen LogP contribution in [0.4, 0.5) is 8.78 Å². The Labute approximate surface area is 179 Å². The molecule has 1 aliphatic rings. The van der Waals surface area contributed by atoms with E-state index in [4.69, 9.17) is 4.42 Å². The molecule has 0 saturated heterocycles. The lowest BCUT2D eigenvalue weighted by Gasteiger charge is -2.25. The highest BCUT2D eigenvalue weighted by molar-refractivity contribution is 5.94. The zero-order valence-corrected chi connectivity index (χ0v) is 17.9. The number of amides is 1. The van der Waals surface area contributed by atoms with Crippen LogP contribution in [0.1, 0.15) is 45.1 Å². The van der Waals surface area contributed by atoms with Crippen LogP contribution in [0, 0.1) is 18.6 Å². The van der Waals surface area contributed by atoms with E-state index in [1.807, 2.05) is 13.1 Å². The molecule has 1 atom stereocenters. The van der Waals surface area contributed by atoms with Gasteiger partial charge in [-0.2, -0.15) is 5.10 Å². The first kappa shape index (κ1) is 21.2. The number of aryl methyl sites for hydroxylation is 2. The zero-order chi connectivity index (χ0) is 22.1. The molecule has 2 aromatic heterocycles. The minimum Gasteiger partial charge on any atom is -0.467 e. The second-order valence-electron chi connectivity index (χ2n) is 8.12. The molecule has 0 radical (unpaired) electrons. The molecule has 0 bridgehead atoms. The average Bonchev–Trinajstić information content (AvgIpc) is 3.38. The van der Waals surface area contributed by atoms with Gasteiger partial charge in [0.25, 0.3) is 5.91 Å². The lowest BCUT2D eigenvalue weighted by atomic mass is 9.91. The maximum atomic E-state index is 14.3. The lowest BCUT2D eigenvalue weighted by molar-refractivity contribution is 0.0767. The van der Waals surface area contributed by atoms with E-state index in [2.05, 4.69) is 10.4 Å². The number of furan rings is 1. The van der Waals surface area contributed by atoms with Crippen LogP contribution in [-0.2, 0) is 33.0 Å². The van der Waals surface area contributed by atoms with Crippen molar-refractivity contribution in [3.8, 4) is 0 Å². The molecular weight excluding hydrogens is 402 g/mol. The van der Waals surface area contributed by atoms with Crippen LogP contribution in [0.3, 0.4) is 0 Å². The van der Waals surface area contributed by atoms with Gasteiger partial charge in [-0.15, -0.1) is 0 Å². The second kappa shape index (κ2) is 8.63. The molecule has 8 heteroatoms. The SMILES string of the molecule is Cc1ccc(F)c(CN[C@@H]2CCc3c(c(C(=O)N(C)Cc4ccco4)nn3C)C2)c1F. The third-order valence-corrected chi connectivity index (χ3v) is 5.92. The van der Waals surface area contributed by atoms with Gasteiger partial charge in [-0.3, -0.25) is 9.48 Å². The van der Waals surface area contributed by atoms with Crippen LogP contribution >= 0.6 is 0 Å². The number of hydrogen-bond acceptors (Lipinski definition) is 4. The lowest BCUT2D eigenvalue weighted by Crippen LogP contribution is -2.36. The van der Waals surface area contributed by atoms with E-state index in [-0.39, 0.29) is 24.1 Å². The fourth-order valence-electron chi connectivity index (χ4n) is 4.15. The van der Waals surface area contributed by atoms with E-state index in [1.165, 1.54) is 12.1 Å². The number of nitrogens with zero attached hydrogens (tertiary/aromatic N) is 3. The minimum atomic E-state index is -0.552. The van der Waals surface area contributed by atoms with Gasteiger partial charge in [0.2, 0.25) is 0 Å². The van der Waals surface area contributed by atoms with Crippen molar-refractivity contribution in [1.82, 2.24) is 20.0 Å². The van der Waals surface area contributed by atoms with E-state index < -0.39 is 11.6 Å². The third kappa shape index (κ3) is 4.25. The number of rotatable bonds is 6. The van der Waals surface area contributed by atoms with E-state index >= 15 is 0 Å². The summed E-state index contributed by atoms with van der Waals surface area (Å²) >= 11 is 0. The molecule has 0 fully saturated rings. The van der Waals surface area contributed by atoms with Crippen LogP contribution in [-0.4, -0.2) is 33.7 Å². The number of nitrogens with one attached hydrogen (secondary N) is 1. The van der Waals surface area contributed by atoms with Gasteiger partial charge in [0.1, 0.15) is 17.4 Å². The van der Waals surface area contributed by atoms with Gasteiger partial charge in [0.05, 0.1) is 12.8 Å². The number of halogens is 2. The molecule has 1 aromatic carbocycles. The fraction of sp³-hybridized carbons (Fsp3) is 0.391. The fourth-order valence-corrected chi connectivity index (χ4v) is 4.15. The number of hydrogen-bond donors (Lipinski definition) is 1. The van der Waals surface area contributed by atoms with E-state index in [0.29, 0.717) is 30.0 Å². The van der Waals surface area contributed by atoms with E-state index in [0.717, 1.165) is 24.1 Å². The highest BCUT2D eigenvalue weighted by Gasteiger charge is 2.30. The van der Waals surface area contributed by atoms with Crippen molar-refractivity contribution in [2.45, 2.75) is 45.3 Å². The first-order valence-corrected chi connectivity index (χ1v) is 10.3. The quantitative estimate of drug-likeness (QED) is 0.653. The molecule has 164 valence electrons. The van der Waals surface area contributed by atoms with Crippen molar-refractivity contribution in [3.63, 3.8) is 0 Å². The Kier molecular flexibility index (Phi) is 5.91. The molecule has 2 heterocycles. The predicted molar refractivity (Wildman–Crippen MR) is 111 cm³/mol. The van der Waals surface area contributed by atoms with Crippen LogP contribution in [0.15, 0.2) is 34.9 Å². The van der Waals surface area contributed by atoms with Gasteiger partial charge in [0.15, 0.2) is 5.69 Å². The van der Waals surface area contributed by atoms with Crippen molar-refractivity contribution < 1.29 is 18.0 Å². The Morgan fingerprint density at radius 3 is 2.90 bits per heavy atom. The number of fused-ring (bicyclic) bond motifs is 1. The Balaban J connectivity index is 1.49. The average molecular weight is 428 g/mol. The summed E-state index contributed by atoms with van der Waals surface area (Å²) in [7, 11) is 3.56. The molecule has 1 aliphatic carbocycles. The maximum Gasteiger partial charge on any atom is 0.274 e. The smallest absolute Gasteiger partial charge is 0.274 e. The summed E-state index contributed by atoms with van der Waals surface area (Å²) in [6.45, 7) is 2.07. The molecular formula is C23H26F2N4O2. The Morgan fingerprint density at radius 2 is 2.16 bits per heavy atom. The Bertz CT molecular complexity index is 1090. The van der Waals surface area contributed by atoms with Crippen molar-refractivity contribution in [2.24, 2.45) is 7.05 Å². The number of carbonyl (C=O) groups is 1. The van der Waals surface area contributed by atoms with Crippen LogP contribution in [0.25, 0.3) is 0 Å². The molecule has 6 nitrogen and oxygen atoms in total. The van der Waals surface area contributed by atoms with Gasteiger partial charge in [-0.05, 0) is 49.9 Å². The molecule has 3 aromatic rings. The predicted octanol–water partition coefficient (Wildman–Crippen LogP) is 3.52. The summed E-state index contributed by atoms with van der Waals surface area (Å²) in [4.78, 5) is 14.6. The van der Waals surface area contributed by atoms with Gasteiger partial charge < -0.3 is 14.6 Å². The molecule has 4 rings (SSSR count). The maximum absolute atomic E-state index is 14.3. The van der Waals surface area contributed by atoms with Crippen molar-refractivity contribution in [3.05, 3.63) is 76.0 Å². The number of benzene rings is 1. The first-order chi connectivity index (χ1) is 14.8. The van der Waals surface area contributed by atoms with Crippen molar-refractivity contribution >= 4 is 5.91 Å². The van der Waals surface area contributed by atoms with E-state index in [9.17, 15) is 13.6 Å². The highest BCUT2D eigenvalue weighted by atomic mass is 19.1. The van der Waals surface area contributed by atoms with E-state index in [1.54, 1.807) is 35.9 Å². The zero-order valence-electron chi connectivity index (χ0n) is 17.9. The second-order valence-corrected chi connectivity index (χ2v) is 8.12. The summed E-state index contributed by atoms with van der Waals surface area (Å²) < 4.78 is 35.5. The monoisotopic (exact) mass is 428 g/mol. The van der Waals surface area contributed by atoms with Gasteiger partial charge in [0, 0.05) is 43.5 Å². The molecule has 1 amide bonds. The molecule has 0 unspecified atom stereocenters. The van der Waals surface area contributed by atoms with Crippen molar-refractivity contribution in [2.75, 3.05) is 7.05 Å².